The maximum Gasteiger partial charge on any atom is 0.123 e. The first kappa shape index (κ1) is 8.76. The van der Waals surface area contributed by atoms with Crippen molar-refractivity contribution in [1.82, 2.24) is 10.3 Å². The highest BCUT2D eigenvalue weighted by atomic mass is 19.1. The summed E-state index contributed by atoms with van der Waals surface area (Å²) in [6, 6.07) is 6.08. The minimum absolute atomic E-state index is 0.144. The van der Waals surface area contributed by atoms with E-state index in [4.69, 9.17) is 0 Å². The largest absolute Gasteiger partial charge is 0.358 e. The van der Waals surface area contributed by atoms with Crippen LogP contribution >= 0.6 is 0 Å². The minimum Gasteiger partial charge on any atom is -0.358 e. The molecule has 82 valence electrons. The summed E-state index contributed by atoms with van der Waals surface area (Å²) in [6.45, 7) is 0. The molecule has 0 unspecified atom stereocenters. The van der Waals surface area contributed by atoms with Gasteiger partial charge in [0, 0.05) is 35.1 Å². The summed E-state index contributed by atoms with van der Waals surface area (Å²) in [5.74, 6) is -0.144. The molecule has 2 atom stereocenters. The molecule has 16 heavy (non-hydrogen) atoms. The first-order valence-corrected chi connectivity index (χ1v) is 5.87. The van der Waals surface area contributed by atoms with Gasteiger partial charge in [0.1, 0.15) is 5.82 Å². The van der Waals surface area contributed by atoms with Gasteiger partial charge in [-0.1, -0.05) is 0 Å². The smallest absolute Gasteiger partial charge is 0.123 e. The predicted octanol–water partition coefficient (Wildman–Crippen LogP) is 2.66. The standard InChI is InChI=1S/C13H13FN2/c14-7-1-3-10-9(5-7)13-11-4-2-8(15-11)6-12(13)16-10/h1,3,5,8,11,15-16H,2,4,6H2/t8-,11+/m1/s1. The van der Waals surface area contributed by atoms with Gasteiger partial charge < -0.3 is 10.3 Å². The molecule has 2 bridgehead atoms. The van der Waals surface area contributed by atoms with Crippen LogP contribution in [0.3, 0.4) is 0 Å². The Balaban J connectivity index is 2.03. The molecule has 2 N–H and O–H groups in total. The number of aromatic nitrogens is 1. The molecule has 3 heteroatoms. The number of benzene rings is 1. The predicted molar refractivity (Wildman–Crippen MR) is 60.9 cm³/mol. The molecule has 4 rings (SSSR count). The Labute approximate surface area is 92.9 Å². The number of halogens is 1. The van der Waals surface area contributed by atoms with Crippen LogP contribution in [0.1, 0.15) is 30.1 Å². The zero-order valence-electron chi connectivity index (χ0n) is 8.89. The van der Waals surface area contributed by atoms with Gasteiger partial charge in [-0.15, -0.1) is 0 Å². The van der Waals surface area contributed by atoms with Crippen molar-refractivity contribution in [1.29, 1.82) is 0 Å². The molecule has 0 spiro atoms. The zero-order chi connectivity index (χ0) is 10.7. The number of hydrogen-bond acceptors (Lipinski definition) is 1. The lowest BCUT2D eigenvalue weighted by Gasteiger charge is -2.21. The van der Waals surface area contributed by atoms with Crippen LogP contribution in [0.5, 0.6) is 0 Å². The van der Waals surface area contributed by atoms with Crippen LogP contribution in [0.2, 0.25) is 0 Å². The van der Waals surface area contributed by atoms with Crippen molar-refractivity contribution in [2.75, 3.05) is 0 Å². The molecule has 0 amide bonds. The van der Waals surface area contributed by atoms with Crippen molar-refractivity contribution < 1.29 is 4.39 Å². The average Bonchev–Trinajstić information content (AvgIpc) is 2.81. The molecule has 3 heterocycles. The fraction of sp³-hybridized carbons (Fsp3) is 0.385. The van der Waals surface area contributed by atoms with Crippen molar-refractivity contribution in [2.24, 2.45) is 0 Å². The van der Waals surface area contributed by atoms with Gasteiger partial charge in [-0.2, -0.15) is 0 Å². The van der Waals surface area contributed by atoms with E-state index in [1.165, 1.54) is 30.2 Å². The Bertz CT molecular complexity index is 573. The van der Waals surface area contributed by atoms with Gasteiger partial charge in [0.2, 0.25) is 0 Å². The van der Waals surface area contributed by atoms with E-state index in [-0.39, 0.29) is 5.82 Å². The van der Waals surface area contributed by atoms with Crippen LogP contribution in [0, 0.1) is 5.82 Å². The van der Waals surface area contributed by atoms with Crippen molar-refractivity contribution in [3.63, 3.8) is 0 Å². The van der Waals surface area contributed by atoms with Crippen molar-refractivity contribution in [2.45, 2.75) is 31.3 Å². The molecule has 0 aliphatic carbocycles. The minimum atomic E-state index is -0.144. The Hall–Kier alpha value is -1.35. The number of rotatable bonds is 0. The van der Waals surface area contributed by atoms with Crippen LogP contribution in [0.4, 0.5) is 4.39 Å². The maximum absolute atomic E-state index is 13.3. The molecule has 2 aromatic rings. The fourth-order valence-electron chi connectivity index (χ4n) is 3.25. The van der Waals surface area contributed by atoms with Gasteiger partial charge in [-0.25, -0.2) is 4.39 Å². The average molecular weight is 216 g/mol. The SMILES string of the molecule is Fc1ccc2[nH]c3c(c2c1)[C@@H]1CC[C@H](C3)N1. The maximum atomic E-state index is 13.3. The van der Waals surface area contributed by atoms with Gasteiger partial charge in [0.15, 0.2) is 0 Å². The van der Waals surface area contributed by atoms with E-state index >= 15 is 0 Å². The Morgan fingerprint density at radius 2 is 2.19 bits per heavy atom. The van der Waals surface area contributed by atoms with Crippen molar-refractivity contribution in [3.05, 3.63) is 35.3 Å². The van der Waals surface area contributed by atoms with E-state index in [0.717, 1.165) is 17.3 Å². The third kappa shape index (κ3) is 1.04. The summed E-state index contributed by atoms with van der Waals surface area (Å²) in [4.78, 5) is 3.44. The highest BCUT2D eigenvalue weighted by molar-refractivity contribution is 5.85. The molecule has 0 radical (unpaired) electrons. The molecule has 0 saturated carbocycles. The third-order valence-corrected chi connectivity index (χ3v) is 3.92. The van der Waals surface area contributed by atoms with E-state index < -0.39 is 0 Å². The van der Waals surface area contributed by atoms with Gasteiger partial charge in [-0.3, -0.25) is 0 Å². The number of fused-ring (bicyclic) bond motifs is 6. The van der Waals surface area contributed by atoms with E-state index in [9.17, 15) is 4.39 Å². The number of hydrogen-bond donors (Lipinski definition) is 2. The molecule has 1 aromatic heterocycles. The summed E-state index contributed by atoms with van der Waals surface area (Å²) < 4.78 is 13.3. The number of aromatic amines is 1. The lowest BCUT2D eigenvalue weighted by atomic mass is 9.99. The number of H-pyrrole nitrogens is 1. The lowest BCUT2D eigenvalue weighted by Crippen LogP contribution is -2.31. The summed E-state index contributed by atoms with van der Waals surface area (Å²) in [6.07, 6.45) is 3.48. The monoisotopic (exact) mass is 216 g/mol. The molecule has 2 aliphatic rings. The van der Waals surface area contributed by atoms with E-state index in [1.807, 2.05) is 6.07 Å². The second-order valence-corrected chi connectivity index (χ2v) is 4.90. The highest BCUT2D eigenvalue weighted by Gasteiger charge is 2.34. The first-order chi connectivity index (χ1) is 7.81. The molecule has 1 fully saturated rings. The molecular weight excluding hydrogens is 203 g/mol. The zero-order valence-corrected chi connectivity index (χ0v) is 8.89. The van der Waals surface area contributed by atoms with Crippen molar-refractivity contribution in [3.8, 4) is 0 Å². The molecule has 1 saturated heterocycles. The fourth-order valence-corrected chi connectivity index (χ4v) is 3.25. The summed E-state index contributed by atoms with van der Waals surface area (Å²) in [5, 5.41) is 4.66. The van der Waals surface area contributed by atoms with Gasteiger partial charge >= 0.3 is 0 Å². The summed E-state index contributed by atoms with van der Waals surface area (Å²) in [7, 11) is 0. The van der Waals surface area contributed by atoms with Gasteiger partial charge in [0.25, 0.3) is 0 Å². The van der Waals surface area contributed by atoms with Crippen LogP contribution in [0.15, 0.2) is 18.2 Å². The van der Waals surface area contributed by atoms with Crippen LogP contribution < -0.4 is 5.32 Å². The normalized spacial score (nSPS) is 27.3. The van der Waals surface area contributed by atoms with E-state index in [2.05, 4.69) is 10.3 Å². The van der Waals surface area contributed by atoms with E-state index in [1.54, 1.807) is 6.07 Å². The van der Waals surface area contributed by atoms with Gasteiger partial charge in [-0.05, 0) is 36.6 Å². The second-order valence-electron chi connectivity index (χ2n) is 4.90. The first-order valence-electron chi connectivity index (χ1n) is 5.87. The van der Waals surface area contributed by atoms with Crippen LogP contribution in [-0.4, -0.2) is 11.0 Å². The molecule has 1 aromatic carbocycles. The molecule has 2 aliphatic heterocycles. The van der Waals surface area contributed by atoms with E-state index in [0.29, 0.717) is 12.1 Å². The van der Waals surface area contributed by atoms with Crippen molar-refractivity contribution >= 4 is 10.9 Å². The molecular formula is C13H13FN2. The Kier molecular flexibility index (Phi) is 1.56. The van der Waals surface area contributed by atoms with Crippen LogP contribution in [-0.2, 0) is 6.42 Å². The highest BCUT2D eigenvalue weighted by Crippen LogP contribution is 2.40. The Morgan fingerprint density at radius 3 is 3.12 bits per heavy atom. The quantitative estimate of drug-likeness (QED) is 0.696. The Morgan fingerprint density at radius 1 is 1.25 bits per heavy atom. The third-order valence-electron chi connectivity index (χ3n) is 3.92. The topological polar surface area (TPSA) is 27.8 Å². The lowest BCUT2D eigenvalue weighted by molar-refractivity contribution is 0.513. The number of nitrogens with one attached hydrogen (secondary N) is 2. The molecule has 2 nitrogen and oxygen atoms in total. The van der Waals surface area contributed by atoms with Crippen LogP contribution in [0.25, 0.3) is 10.9 Å². The second kappa shape index (κ2) is 2.86. The summed E-state index contributed by atoms with van der Waals surface area (Å²) in [5.41, 5.74) is 3.69. The summed E-state index contributed by atoms with van der Waals surface area (Å²) >= 11 is 0. The van der Waals surface area contributed by atoms with Gasteiger partial charge in [0.05, 0.1) is 0 Å².